The average molecular weight is 830 g/mol. The summed E-state index contributed by atoms with van der Waals surface area (Å²) >= 11 is 0. The molecule has 2 unspecified atom stereocenters. The molecule has 2 atom stereocenters. The number of amides is 1. The summed E-state index contributed by atoms with van der Waals surface area (Å²) < 4.78 is 5.46. The average Bonchev–Trinajstić information content (AvgIpc) is 3.24. The van der Waals surface area contributed by atoms with E-state index in [9.17, 15) is 19.8 Å². The molecule has 0 aliphatic rings. The Morgan fingerprint density at radius 2 is 0.797 bits per heavy atom. The largest absolute Gasteiger partial charge is 0.466 e. The maximum absolute atomic E-state index is 12.4. The fourth-order valence-electron chi connectivity index (χ4n) is 7.62. The van der Waals surface area contributed by atoms with Crippen LogP contribution in [0.1, 0.15) is 264 Å². The van der Waals surface area contributed by atoms with Crippen molar-refractivity contribution in [3.05, 3.63) is 36.5 Å². The highest BCUT2D eigenvalue weighted by Crippen LogP contribution is 2.14. The summed E-state index contributed by atoms with van der Waals surface area (Å²) in [5.74, 6) is -0.0877. The van der Waals surface area contributed by atoms with E-state index in [0.29, 0.717) is 19.4 Å². The Morgan fingerprint density at radius 3 is 1.20 bits per heavy atom. The van der Waals surface area contributed by atoms with Gasteiger partial charge < -0.3 is 20.3 Å². The molecule has 59 heavy (non-hydrogen) atoms. The zero-order valence-corrected chi connectivity index (χ0v) is 39.2. The summed E-state index contributed by atoms with van der Waals surface area (Å²) in [6.07, 6.45) is 58.7. The van der Waals surface area contributed by atoms with Gasteiger partial charge >= 0.3 is 5.97 Å². The third-order valence-corrected chi connectivity index (χ3v) is 11.6. The van der Waals surface area contributed by atoms with Crippen LogP contribution in [0.25, 0.3) is 0 Å². The van der Waals surface area contributed by atoms with Crippen LogP contribution in [0.3, 0.4) is 0 Å². The quantitative estimate of drug-likeness (QED) is 0.0323. The van der Waals surface area contributed by atoms with Crippen LogP contribution in [0.2, 0.25) is 0 Å². The first-order valence-electron chi connectivity index (χ1n) is 25.8. The van der Waals surface area contributed by atoms with Gasteiger partial charge in [0.25, 0.3) is 0 Å². The van der Waals surface area contributed by atoms with E-state index in [4.69, 9.17) is 4.74 Å². The molecular formula is C53H99NO5. The zero-order chi connectivity index (χ0) is 43.0. The van der Waals surface area contributed by atoms with Gasteiger partial charge in [0.2, 0.25) is 5.91 Å². The van der Waals surface area contributed by atoms with Gasteiger partial charge in [0, 0.05) is 12.8 Å². The molecule has 0 rings (SSSR count). The van der Waals surface area contributed by atoms with E-state index in [1.807, 2.05) is 6.08 Å². The Kier molecular flexibility index (Phi) is 47.2. The highest BCUT2D eigenvalue weighted by molar-refractivity contribution is 5.76. The molecule has 346 valence electrons. The molecular weight excluding hydrogens is 731 g/mol. The van der Waals surface area contributed by atoms with Gasteiger partial charge in [0.1, 0.15) is 0 Å². The van der Waals surface area contributed by atoms with Crippen LogP contribution in [0.4, 0.5) is 0 Å². The third-order valence-electron chi connectivity index (χ3n) is 11.6. The number of unbranched alkanes of at least 4 members (excludes halogenated alkanes) is 32. The molecule has 6 nitrogen and oxygen atoms in total. The summed E-state index contributed by atoms with van der Waals surface area (Å²) in [4.78, 5) is 24.4. The lowest BCUT2D eigenvalue weighted by Gasteiger charge is -2.20. The van der Waals surface area contributed by atoms with Gasteiger partial charge in [-0.1, -0.05) is 204 Å². The number of rotatable bonds is 47. The second kappa shape index (κ2) is 48.7. The van der Waals surface area contributed by atoms with Gasteiger partial charge in [0.05, 0.1) is 25.4 Å². The molecule has 0 aromatic carbocycles. The van der Waals surface area contributed by atoms with Gasteiger partial charge in [-0.3, -0.25) is 9.59 Å². The van der Waals surface area contributed by atoms with Crippen molar-refractivity contribution in [3.63, 3.8) is 0 Å². The van der Waals surface area contributed by atoms with Gasteiger partial charge in [-0.05, 0) is 83.5 Å². The van der Waals surface area contributed by atoms with Crippen molar-refractivity contribution in [2.45, 2.75) is 276 Å². The first kappa shape index (κ1) is 57.1. The smallest absolute Gasteiger partial charge is 0.305 e. The van der Waals surface area contributed by atoms with Crippen LogP contribution < -0.4 is 5.32 Å². The monoisotopic (exact) mass is 830 g/mol. The number of hydrogen-bond acceptors (Lipinski definition) is 5. The predicted molar refractivity (Wildman–Crippen MR) is 255 cm³/mol. The van der Waals surface area contributed by atoms with Crippen molar-refractivity contribution < 1.29 is 24.5 Å². The molecule has 0 heterocycles. The van der Waals surface area contributed by atoms with E-state index in [1.165, 1.54) is 186 Å². The molecule has 0 saturated carbocycles. The molecule has 0 aromatic heterocycles. The number of aliphatic hydroxyl groups excluding tert-OH is 2. The van der Waals surface area contributed by atoms with Crippen molar-refractivity contribution in [2.75, 3.05) is 13.2 Å². The topological polar surface area (TPSA) is 95.9 Å². The molecule has 0 bridgehead atoms. The number of carbonyl (C=O) groups excluding carboxylic acids is 2. The SMILES string of the molecule is CCCCCCC/C=C\CCCCCCCC(=O)OCCCCCCCCCC/C=C\CCCCCCCCCC(=O)NC(CO)C(O)/C=C/CCCCCCCCC. The molecule has 0 radical (unpaired) electrons. The summed E-state index contributed by atoms with van der Waals surface area (Å²) in [6.45, 7) is 4.84. The number of nitrogens with one attached hydrogen (secondary N) is 1. The van der Waals surface area contributed by atoms with E-state index in [0.717, 1.165) is 51.4 Å². The van der Waals surface area contributed by atoms with E-state index < -0.39 is 12.1 Å². The van der Waals surface area contributed by atoms with Crippen molar-refractivity contribution in [1.29, 1.82) is 0 Å². The van der Waals surface area contributed by atoms with Crippen molar-refractivity contribution in [2.24, 2.45) is 0 Å². The molecule has 0 aromatic rings. The minimum atomic E-state index is -0.848. The molecule has 0 saturated heterocycles. The number of ether oxygens (including phenoxy) is 1. The van der Waals surface area contributed by atoms with Crippen molar-refractivity contribution in [1.82, 2.24) is 5.32 Å². The van der Waals surface area contributed by atoms with Crippen LogP contribution in [0, 0.1) is 0 Å². The van der Waals surface area contributed by atoms with Crippen molar-refractivity contribution in [3.8, 4) is 0 Å². The molecule has 0 fully saturated rings. The lowest BCUT2D eigenvalue weighted by molar-refractivity contribution is -0.143. The number of hydrogen-bond donors (Lipinski definition) is 3. The van der Waals surface area contributed by atoms with E-state index in [2.05, 4.69) is 43.5 Å². The summed E-state index contributed by atoms with van der Waals surface area (Å²) in [5, 5.41) is 22.9. The minimum absolute atomic E-state index is 0.00630. The maximum atomic E-state index is 12.4. The second-order valence-corrected chi connectivity index (χ2v) is 17.5. The number of allylic oxidation sites excluding steroid dienone is 5. The third kappa shape index (κ3) is 45.4. The van der Waals surface area contributed by atoms with E-state index in [1.54, 1.807) is 6.08 Å². The second-order valence-electron chi connectivity index (χ2n) is 17.5. The molecule has 0 spiro atoms. The fourth-order valence-corrected chi connectivity index (χ4v) is 7.62. The summed E-state index contributed by atoms with van der Waals surface area (Å²) in [7, 11) is 0. The normalized spacial score (nSPS) is 12.9. The van der Waals surface area contributed by atoms with Gasteiger partial charge in [-0.15, -0.1) is 0 Å². The minimum Gasteiger partial charge on any atom is -0.466 e. The predicted octanol–water partition coefficient (Wildman–Crippen LogP) is 15.3. The van der Waals surface area contributed by atoms with Gasteiger partial charge in [-0.2, -0.15) is 0 Å². The highest BCUT2D eigenvalue weighted by Gasteiger charge is 2.18. The first-order chi connectivity index (χ1) is 29.0. The Morgan fingerprint density at radius 1 is 0.458 bits per heavy atom. The summed E-state index contributed by atoms with van der Waals surface area (Å²) in [5.41, 5.74) is 0. The maximum Gasteiger partial charge on any atom is 0.305 e. The summed E-state index contributed by atoms with van der Waals surface area (Å²) in [6, 6.07) is -0.633. The molecule has 1 amide bonds. The van der Waals surface area contributed by atoms with Crippen LogP contribution in [-0.4, -0.2) is 47.4 Å². The Hall–Kier alpha value is -1.92. The van der Waals surface area contributed by atoms with Crippen LogP contribution >= 0.6 is 0 Å². The zero-order valence-electron chi connectivity index (χ0n) is 39.2. The Labute approximate surface area is 366 Å². The van der Waals surface area contributed by atoms with Crippen LogP contribution in [0.5, 0.6) is 0 Å². The van der Waals surface area contributed by atoms with Crippen LogP contribution in [0.15, 0.2) is 36.5 Å². The first-order valence-corrected chi connectivity index (χ1v) is 25.8. The number of esters is 1. The molecule has 0 aliphatic carbocycles. The highest BCUT2D eigenvalue weighted by atomic mass is 16.5. The molecule has 6 heteroatoms. The standard InChI is InChI=1S/C53H99NO5/c1-3-5-7-9-11-13-14-15-24-27-31-35-39-43-47-53(58)59-48-44-40-36-32-28-25-22-20-18-16-17-19-21-23-26-30-34-38-42-46-52(57)54-50(49-55)51(56)45-41-37-33-29-12-10-8-6-4-2/h14-17,41,45,50-51,55-56H,3-13,18-40,42-44,46-49H2,1-2H3,(H,54,57)/b15-14-,17-16-,45-41+. The lowest BCUT2D eigenvalue weighted by atomic mass is 10.1. The van der Waals surface area contributed by atoms with Crippen molar-refractivity contribution >= 4 is 11.9 Å². The fraction of sp³-hybridized carbons (Fsp3) is 0.849. The lowest BCUT2D eigenvalue weighted by Crippen LogP contribution is -2.45. The molecule has 3 N–H and O–H groups in total. The Bertz CT molecular complexity index is 962. The van der Waals surface area contributed by atoms with Gasteiger partial charge in [-0.25, -0.2) is 0 Å². The number of carbonyl (C=O) groups is 2. The Balaban J connectivity index is 3.44. The van der Waals surface area contributed by atoms with Crippen LogP contribution in [-0.2, 0) is 14.3 Å². The number of aliphatic hydroxyl groups is 2. The van der Waals surface area contributed by atoms with E-state index >= 15 is 0 Å². The van der Waals surface area contributed by atoms with E-state index in [-0.39, 0.29) is 18.5 Å². The molecule has 0 aliphatic heterocycles. The van der Waals surface area contributed by atoms with Gasteiger partial charge in [0.15, 0.2) is 0 Å².